The van der Waals surface area contributed by atoms with E-state index < -0.39 is 0 Å². The summed E-state index contributed by atoms with van der Waals surface area (Å²) >= 11 is 1.81. The lowest BCUT2D eigenvalue weighted by atomic mass is 9.91. The second-order valence-corrected chi connectivity index (χ2v) is 6.55. The lowest BCUT2D eigenvalue weighted by molar-refractivity contribution is 0.569. The topological polar surface area (TPSA) is 37.0 Å². The lowest BCUT2D eigenvalue weighted by Crippen LogP contribution is -2.26. The van der Waals surface area contributed by atoms with Gasteiger partial charge in [-0.15, -0.1) is 11.3 Å². The van der Waals surface area contributed by atoms with Crippen LogP contribution in [0.15, 0.2) is 36.0 Å². The Hall–Kier alpha value is -1.55. The molecule has 0 bridgehead atoms. The maximum atomic E-state index is 4.28. The molecule has 0 aliphatic carbocycles. The molecule has 2 N–H and O–H groups in total. The highest BCUT2D eigenvalue weighted by molar-refractivity contribution is 7.10. The maximum Gasteiger partial charge on any atom is 0.0547 e. The van der Waals surface area contributed by atoms with Crippen LogP contribution in [0.1, 0.15) is 32.1 Å². The zero-order valence-electron chi connectivity index (χ0n) is 12.4. The maximum absolute atomic E-state index is 4.28. The Morgan fingerprint density at radius 3 is 2.60 bits per heavy atom. The first kappa shape index (κ1) is 14.9. The molecule has 20 heavy (non-hydrogen) atoms. The Morgan fingerprint density at radius 2 is 1.95 bits per heavy atom. The van der Waals surface area contributed by atoms with Gasteiger partial charge in [-0.25, -0.2) is 0 Å². The van der Waals surface area contributed by atoms with Crippen LogP contribution >= 0.6 is 11.3 Å². The van der Waals surface area contributed by atoms with Gasteiger partial charge in [-0.2, -0.15) is 0 Å². The molecule has 0 saturated carbocycles. The van der Waals surface area contributed by atoms with Gasteiger partial charge in [-0.05, 0) is 23.9 Å². The Kier molecular flexibility index (Phi) is 5.01. The van der Waals surface area contributed by atoms with E-state index in [0.29, 0.717) is 0 Å². The van der Waals surface area contributed by atoms with Crippen LogP contribution in [0, 0.1) is 0 Å². The monoisotopic (exact) mass is 289 g/mol. The van der Waals surface area contributed by atoms with Crippen molar-refractivity contribution >= 4 is 22.7 Å². The average Bonchev–Trinajstić information content (AvgIpc) is 2.98. The van der Waals surface area contributed by atoms with E-state index in [0.717, 1.165) is 30.9 Å². The molecule has 2 heterocycles. The van der Waals surface area contributed by atoms with Crippen molar-refractivity contribution in [3.05, 3.63) is 40.8 Å². The summed E-state index contributed by atoms with van der Waals surface area (Å²) in [4.78, 5) is 5.68. The van der Waals surface area contributed by atoms with Crippen molar-refractivity contribution in [3.8, 4) is 0 Å². The first-order chi connectivity index (χ1) is 9.62. The Balaban J connectivity index is 1.96. The van der Waals surface area contributed by atoms with Gasteiger partial charge < -0.3 is 10.6 Å². The third kappa shape index (κ3) is 3.97. The van der Waals surface area contributed by atoms with Gasteiger partial charge in [0.1, 0.15) is 0 Å². The third-order valence-electron chi connectivity index (χ3n) is 3.24. The van der Waals surface area contributed by atoms with Gasteiger partial charge in [0.05, 0.1) is 23.8 Å². The van der Waals surface area contributed by atoms with Crippen molar-refractivity contribution in [1.82, 2.24) is 4.98 Å². The van der Waals surface area contributed by atoms with Crippen LogP contribution in [-0.4, -0.2) is 18.1 Å². The molecule has 0 aliphatic rings. The minimum atomic E-state index is 0.126. The zero-order chi connectivity index (χ0) is 14.4. The van der Waals surface area contributed by atoms with Gasteiger partial charge >= 0.3 is 0 Å². The zero-order valence-corrected chi connectivity index (χ0v) is 13.3. The number of rotatable bonds is 7. The van der Waals surface area contributed by atoms with Crippen molar-refractivity contribution in [3.63, 3.8) is 0 Å². The van der Waals surface area contributed by atoms with Crippen molar-refractivity contribution in [2.45, 2.75) is 32.6 Å². The van der Waals surface area contributed by atoms with E-state index in [1.165, 1.54) is 4.88 Å². The third-order valence-corrected chi connectivity index (χ3v) is 4.48. The smallest absolute Gasteiger partial charge is 0.0547 e. The number of pyridine rings is 1. The summed E-state index contributed by atoms with van der Waals surface area (Å²) in [7, 11) is 0. The molecule has 0 unspecified atom stereocenters. The molecule has 2 aromatic rings. The van der Waals surface area contributed by atoms with E-state index >= 15 is 0 Å². The summed E-state index contributed by atoms with van der Waals surface area (Å²) in [6.07, 6.45) is 4.86. The Labute approximate surface area is 125 Å². The molecule has 0 amide bonds. The van der Waals surface area contributed by atoms with E-state index in [-0.39, 0.29) is 5.41 Å². The minimum Gasteiger partial charge on any atom is -0.384 e. The van der Waals surface area contributed by atoms with Gasteiger partial charge in [-0.1, -0.05) is 26.8 Å². The molecular weight excluding hydrogens is 266 g/mol. The van der Waals surface area contributed by atoms with Crippen LogP contribution in [0.3, 0.4) is 0 Å². The number of nitrogens with one attached hydrogen (secondary N) is 2. The van der Waals surface area contributed by atoms with Crippen LogP contribution in [0.2, 0.25) is 0 Å². The normalized spacial score (nSPS) is 11.3. The summed E-state index contributed by atoms with van der Waals surface area (Å²) in [5, 5.41) is 8.99. The molecule has 4 heteroatoms. The molecule has 0 atom stereocenters. The first-order valence-corrected chi connectivity index (χ1v) is 7.96. The summed E-state index contributed by atoms with van der Waals surface area (Å²) < 4.78 is 0. The number of aromatic nitrogens is 1. The van der Waals surface area contributed by atoms with Gasteiger partial charge in [0.25, 0.3) is 0 Å². The fraction of sp³-hybridized carbons (Fsp3) is 0.438. The van der Waals surface area contributed by atoms with E-state index in [9.17, 15) is 0 Å². The predicted octanol–water partition coefficient (Wildman–Crippen LogP) is 4.35. The molecular formula is C16H23N3S. The minimum absolute atomic E-state index is 0.126. The van der Waals surface area contributed by atoms with Crippen LogP contribution in [0.5, 0.6) is 0 Å². The van der Waals surface area contributed by atoms with Crippen molar-refractivity contribution in [2.24, 2.45) is 0 Å². The number of nitrogens with zero attached hydrogens (tertiary/aromatic N) is 1. The molecule has 3 nitrogen and oxygen atoms in total. The average molecular weight is 289 g/mol. The molecule has 108 valence electrons. The van der Waals surface area contributed by atoms with Crippen LogP contribution < -0.4 is 10.6 Å². The number of anilines is 2. The number of thiophene rings is 1. The molecule has 2 aromatic heterocycles. The van der Waals surface area contributed by atoms with Crippen LogP contribution in [0.4, 0.5) is 11.4 Å². The first-order valence-electron chi connectivity index (χ1n) is 7.08. The highest BCUT2D eigenvalue weighted by atomic mass is 32.1. The number of hydrogen-bond acceptors (Lipinski definition) is 4. The molecule has 2 rings (SSSR count). The fourth-order valence-corrected chi connectivity index (χ4v) is 2.83. The van der Waals surface area contributed by atoms with E-state index in [1.807, 2.05) is 23.7 Å². The van der Waals surface area contributed by atoms with Crippen LogP contribution in [0.25, 0.3) is 0 Å². The molecule has 0 spiro atoms. The van der Waals surface area contributed by atoms with Crippen LogP contribution in [-0.2, 0) is 5.41 Å². The van der Waals surface area contributed by atoms with Gasteiger partial charge in [0, 0.05) is 23.4 Å². The van der Waals surface area contributed by atoms with E-state index in [2.05, 4.69) is 60.0 Å². The van der Waals surface area contributed by atoms with Crippen molar-refractivity contribution < 1.29 is 0 Å². The Bertz CT molecular complexity index is 520. The quantitative estimate of drug-likeness (QED) is 0.795. The second-order valence-electron chi connectivity index (χ2n) is 5.60. The molecule has 0 fully saturated rings. The summed E-state index contributed by atoms with van der Waals surface area (Å²) in [5.41, 5.74) is 2.27. The van der Waals surface area contributed by atoms with Gasteiger partial charge in [0.15, 0.2) is 0 Å². The van der Waals surface area contributed by atoms with Gasteiger partial charge in [-0.3, -0.25) is 4.98 Å². The predicted molar refractivity (Wildman–Crippen MR) is 88.9 cm³/mol. The lowest BCUT2D eigenvalue weighted by Gasteiger charge is -2.24. The Morgan fingerprint density at radius 1 is 1.20 bits per heavy atom. The van der Waals surface area contributed by atoms with E-state index in [4.69, 9.17) is 0 Å². The summed E-state index contributed by atoms with van der Waals surface area (Å²) in [6, 6.07) is 6.43. The standard InChI is InChI=1S/C16H23N3S/c1-4-7-18-13-9-14(11-17-10-13)19-12-16(2,3)15-6-5-8-20-15/h5-6,8-11,18-19H,4,7,12H2,1-3H3. The molecule has 0 saturated heterocycles. The largest absolute Gasteiger partial charge is 0.384 e. The number of hydrogen-bond donors (Lipinski definition) is 2. The summed E-state index contributed by atoms with van der Waals surface area (Å²) in [6.45, 7) is 8.56. The SMILES string of the molecule is CCCNc1cncc(NCC(C)(C)c2cccs2)c1. The highest BCUT2D eigenvalue weighted by Gasteiger charge is 2.21. The fourth-order valence-electron chi connectivity index (χ4n) is 1.98. The van der Waals surface area contributed by atoms with Crippen molar-refractivity contribution in [1.29, 1.82) is 0 Å². The van der Waals surface area contributed by atoms with E-state index in [1.54, 1.807) is 0 Å². The molecule has 0 radical (unpaired) electrons. The second kappa shape index (κ2) is 6.75. The molecule has 0 aromatic carbocycles. The summed E-state index contributed by atoms with van der Waals surface area (Å²) in [5.74, 6) is 0. The van der Waals surface area contributed by atoms with Gasteiger partial charge in [0.2, 0.25) is 0 Å². The van der Waals surface area contributed by atoms with Crippen molar-refractivity contribution in [2.75, 3.05) is 23.7 Å². The molecule has 0 aliphatic heterocycles. The highest BCUT2D eigenvalue weighted by Crippen LogP contribution is 2.28.